The van der Waals surface area contributed by atoms with Crippen molar-refractivity contribution in [1.82, 2.24) is 0 Å². The maximum absolute atomic E-state index is 12.2. The number of rotatable bonds is 24. The number of benzene rings is 3. The van der Waals surface area contributed by atoms with Gasteiger partial charge in [0.25, 0.3) is 0 Å². The molecule has 6 aliphatic rings. The van der Waals surface area contributed by atoms with Gasteiger partial charge in [-0.05, 0) is 0 Å². The van der Waals surface area contributed by atoms with Gasteiger partial charge in [-0.1, -0.05) is 25.6 Å². The van der Waals surface area contributed by atoms with Crippen LogP contribution in [0.4, 0.5) is 0 Å². The first-order valence-electron chi connectivity index (χ1n) is 26.0. The van der Waals surface area contributed by atoms with Crippen molar-refractivity contribution in [3.05, 3.63) is 144 Å². The average molecular weight is 1140 g/mol. The first kappa shape index (κ1) is 62.3. The van der Waals surface area contributed by atoms with Crippen molar-refractivity contribution in [2.75, 3.05) is 0 Å². The molecule has 9 rings (SSSR count). The molecule has 0 spiro atoms. The summed E-state index contributed by atoms with van der Waals surface area (Å²) in [4.78, 5) is 46.9. The van der Waals surface area contributed by atoms with E-state index < -0.39 is 12.2 Å². The van der Waals surface area contributed by atoms with Gasteiger partial charge < -0.3 is 0 Å². The second kappa shape index (κ2) is 33.0. The summed E-state index contributed by atoms with van der Waals surface area (Å²) in [5.41, 5.74) is 4.74. The summed E-state index contributed by atoms with van der Waals surface area (Å²) < 4.78 is 48.4. The number of aliphatic hydroxyl groups excluding tert-OH is 2. The minimum absolute atomic E-state index is 0. The van der Waals surface area contributed by atoms with Crippen molar-refractivity contribution in [3.63, 3.8) is 0 Å². The predicted octanol–water partition coefficient (Wildman–Crippen LogP) is 10.1. The first-order valence-corrected chi connectivity index (χ1v) is 35.5. The van der Waals surface area contributed by atoms with Crippen molar-refractivity contribution in [2.45, 2.75) is 132 Å². The predicted molar refractivity (Wildman–Crippen MR) is 314 cm³/mol. The molecule has 0 radical (unpaired) electrons. The second-order valence-corrected chi connectivity index (χ2v) is 29.8. The number of esters is 3. The minimum atomic E-state index is -0.491. The summed E-state index contributed by atoms with van der Waals surface area (Å²) in [5, 5.41) is 20.6. The van der Waals surface area contributed by atoms with Gasteiger partial charge in [0.05, 0.1) is 0 Å². The molecule has 0 bridgehead atoms. The van der Waals surface area contributed by atoms with Crippen LogP contribution in [0.3, 0.4) is 0 Å². The van der Waals surface area contributed by atoms with Gasteiger partial charge in [-0.3, -0.25) is 0 Å². The van der Waals surface area contributed by atoms with E-state index in [1.807, 2.05) is 85.0 Å². The Morgan fingerprint density at radius 2 is 0.855 bits per heavy atom. The van der Waals surface area contributed by atoms with E-state index in [-0.39, 0.29) is 84.9 Å². The summed E-state index contributed by atoms with van der Waals surface area (Å²) in [7, 11) is 2.67. The van der Waals surface area contributed by atoms with E-state index in [0.29, 0.717) is 105 Å². The fraction of sp³-hybridized carbons (Fsp3) is 0.491. The molecule has 3 heterocycles. The van der Waals surface area contributed by atoms with Crippen LogP contribution in [-0.2, 0) is 66.8 Å². The normalized spacial score (nSPS) is 29.5. The molecular formula is C55H71B3O12P6. The third-order valence-electron chi connectivity index (χ3n) is 15.1. The Balaban J connectivity index is 0.000000184. The van der Waals surface area contributed by atoms with E-state index in [0.717, 1.165) is 64.7 Å². The van der Waals surface area contributed by atoms with Gasteiger partial charge in [-0.25, -0.2) is 0 Å². The number of aryl methyl sites for hydroxylation is 3. The zero-order valence-electron chi connectivity index (χ0n) is 41.9. The van der Waals surface area contributed by atoms with Gasteiger partial charge in [-0.15, -0.1) is 0 Å². The SMILES string of the molecule is C.O=BPP[C@@H]1C[C@@H]2OC(=O)C[C@@H]2[C@H]1/C=C/C(=O)CCc1ccccc1.O=BPP[C@@H]1C[C@@H]2OC(=O)C[C@@H]2[C@H]1/C=C/[C@@H](O)CCc1ccccc1.O=BPP[C@@H]1C[C@@H]2OC(=O)C[C@@H]2[C@H]1/C=C/[C@H](O)CCc1ccccc1. The number of fused-ring (bicyclic) bond motifs is 3. The van der Waals surface area contributed by atoms with Crippen molar-refractivity contribution in [3.8, 4) is 0 Å². The van der Waals surface area contributed by atoms with Crippen molar-refractivity contribution >= 4 is 93.6 Å². The molecule has 6 unspecified atom stereocenters. The summed E-state index contributed by atoms with van der Waals surface area (Å²) >= 11 is 0. The maximum atomic E-state index is 12.2. The van der Waals surface area contributed by atoms with Crippen LogP contribution in [0.2, 0.25) is 0 Å². The summed E-state index contributed by atoms with van der Waals surface area (Å²) in [6, 6.07) is 30.2. The molecule has 21 heteroatoms. The number of ether oxygens (including phenoxy) is 3. The quantitative estimate of drug-likeness (QED) is 0.0216. The molecule has 3 aromatic carbocycles. The Labute approximate surface area is 460 Å². The van der Waals surface area contributed by atoms with Crippen molar-refractivity contribution < 1.29 is 57.7 Å². The number of carbonyl (C=O) groups excluding carboxylic acids is 4. The number of carbonyl (C=O) groups is 4. The summed E-state index contributed by atoms with van der Waals surface area (Å²) in [6.07, 6.45) is 18.7. The molecule has 2 N–H and O–H groups in total. The van der Waals surface area contributed by atoms with Gasteiger partial charge >= 0.3 is 437 Å². The number of allylic oxidation sites excluding steroid dienone is 4. The Hall–Kier alpha value is -2.95. The number of hydrogen-bond acceptors (Lipinski definition) is 12. The van der Waals surface area contributed by atoms with Gasteiger partial charge in [0.2, 0.25) is 0 Å². The molecule has 20 atom stereocenters. The fourth-order valence-corrected chi connectivity index (χ4v) is 20.3. The molecule has 76 heavy (non-hydrogen) atoms. The van der Waals surface area contributed by atoms with Crippen molar-refractivity contribution in [2.24, 2.45) is 35.5 Å². The molecule has 0 amide bonds. The first-order chi connectivity index (χ1) is 36.5. The molecule has 3 saturated carbocycles. The van der Waals surface area contributed by atoms with E-state index in [2.05, 4.69) is 36.4 Å². The van der Waals surface area contributed by atoms with Crippen molar-refractivity contribution in [1.29, 1.82) is 0 Å². The number of aliphatic hydroxyl groups is 2. The monoisotopic (exact) mass is 1140 g/mol. The number of ketones is 1. The second-order valence-electron chi connectivity index (χ2n) is 19.9. The van der Waals surface area contributed by atoms with Gasteiger partial charge in [0, 0.05) is 0 Å². The fourth-order valence-electron chi connectivity index (χ4n) is 11.4. The molecule has 3 saturated heterocycles. The standard InChI is InChI=1S/2C18H23BO4P2.C18H21BO4P2.CH4/c3*20-13(7-6-12-4-2-1-3-5-12)8-9-14-15-10-18(21)23-16(15)11-17(14)24-25-19-22;/h2*1-5,8-9,13-17,20,24-25H,6-7,10-11H2;1-5,8-9,14-17,24-25H,6-7,10-11H2;1H4/b3*9-8+;/t13-,14+,15+,16-,17+;13-,14-,15-,16+,17-;14-,15-,16+,17-;/m011./s1. The van der Waals surface area contributed by atoms with Crippen LogP contribution < -0.4 is 0 Å². The Kier molecular flexibility index (Phi) is 27.0. The van der Waals surface area contributed by atoms with Gasteiger partial charge in [0.15, 0.2) is 0 Å². The van der Waals surface area contributed by atoms with E-state index >= 15 is 0 Å². The van der Waals surface area contributed by atoms with E-state index in [4.69, 9.17) is 14.2 Å². The van der Waals surface area contributed by atoms with E-state index in [9.17, 15) is 43.5 Å². The third-order valence-corrected chi connectivity index (χ3v) is 24.8. The van der Waals surface area contributed by atoms with Crippen LogP contribution in [0.15, 0.2) is 127 Å². The Morgan fingerprint density at radius 3 is 1.20 bits per heavy atom. The summed E-state index contributed by atoms with van der Waals surface area (Å²) in [5.74, 6) is 0.957. The van der Waals surface area contributed by atoms with Gasteiger partial charge in [-0.2, -0.15) is 0 Å². The van der Waals surface area contributed by atoms with E-state index in [1.165, 1.54) is 11.1 Å². The van der Waals surface area contributed by atoms with Crippen LogP contribution in [0.1, 0.15) is 81.9 Å². The molecule has 3 aromatic rings. The van der Waals surface area contributed by atoms with Crippen LogP contribution in [0.5, 0.6) is 0 Å². The average Bonchev–Trinajstić information content (AvgIpc) is 4.27. The molecule has 6 fully saturated rings. The molecular weight excluding hydrogens is 1070 g/mol. The molecule has 12 nitrogen and oxygen atoms in total. The molecule has 0 aromatic heterocycles. The zero-order chi connectivity index (χ0) is 52.9. The topological polar surface area (TPSA) is 188 Å². The Bertz CT molecular complexity index is 2330. The Morgan fingerprint density at radius 1 is 0.526 bits per heavy atom. The third kappa shape index (κ3) is 19.1. The summed E-state index contributed by atoms with van der Waals surface area (Å²) in [6.45, 7) is 2.96. The van der Waals surface area contributed by atoms with Gasteiger partial charge in [0.1, 0.15) is 0 Å². The van der Waals surface area contributed by atoms with Crippen LogP contribution in [0.25, 0.3) is 0 Å². The zero-order valence-corrected chi connectivity index (χ0v) is 47.9. The van der Waals surface area contributed by atoms with Crippen LogP contribution in [0, 0.1) is 35.5 Å². The van der Waals surface area contributed by atoms with Crippen LogP contribution in [-0.4, -0.2) is 102 Å². The molecule has 402 valence electrons. The van der Waals surface area contributed by atoms with Crippen LogP contribution >= 0.6 is 49.3 Å². The molecule has 3 aliphatic heterocycles. The van der Waals surface area contributed by atoms with E-state index in [1.54, 1.807) is 6.08 Å². The number of hydrogen-bond donors (Lipinski definition) is 2. The molecule has 3 aliphatic carbocycles.